The van der Waals surface area contributed by atoms with Crippen molar-refractivity contribution in [1.82, 2.24) is 15.3 Å². The van der Waals surface area contributed by atoms with Crippen molar-refractivity contribution in [3.8, 4) is 16.9 Å². The Hall–Kier alpha value is -3.48. The van der Waals surface area contributed by atoms with Gasteiger partial charge in [0.1, 0.15) is 11.6 Å². The minimum absolute atomic E-state index is 0.0356. The van der Waals surface area contributed by atoms with Crippen LogP contribution in [-0.2, 0) is 6.42 Å². The number of anilines is 1. The molecule has 0 saturated heterocycles. The van der Waals surface area contributed by atoms with E-state index in [1.54, 1.807) is 24.3 Å². The number of carbonyl (C=O) groups is 1. The first kappa shape index (κ1) is 16.0. The normalized spacial score (nSPS) is 16.0. The number of aromatic nitrogens is 2. The molecule has 0 bridgehead atoms. The number of hydrogen-bond donors (Lipinski definition) is 3. The number of carbonyl (C=O) groups excluding carboxylic acids is 1. The predicted octanol–water partition coefficient (Wildman–Crippen LogP) is 2.60. The molecule has 1 aliphatic rings. The van der Waals surface area contributed by atoms with Crippen molar-refractivity contribution in [3.05, 3.63) is 71.3 Å². The summed E-state index contributed by atoms with van der Waals surface area (Å²) in [4.78, 5) is 20.4. The highest BCUT2D eigenvalue weighted by Crippen LogP contribution is 2.36. The molecular weight excluding hydrogens is 335 g/mol. The van der Waals surface area contributed by atoms with Gasteiger partial charge in [-0.3, -0.25) is 4.79 Å². The van der Waals surface area contributed by atoms with Gasteiger partial charge in [-0.1, -0.05) is 24.3 Å². The Bertz CT molecular complexity index is 1020. The van der Waals surface area contributed by atoms with Gasteiger partial charge in [0.15, 0.2) is 0 Å². The number of amides is 1. The van der Waals surface area contributed by atoms with Crippen LogP contribution in [0.4, 0.5) is 10.3 Å². The number of phenols is 1. The average Bonchev–Trinajstić information content (AvgIpc) is 2.61. The second-order valence-corrected chi connectivity index (χ2v) is 6.07. The summed E-state index contributed by atoms with van der Waals surface area (Å²) in [5.41, 5.74) is 8.24. The number of halogens is 1. The van der Waals surface area contributed by atoms with Crippen molar-refractivity contribution in [3.63, 3.8) is 0 Å². The van der Waals surface area contributed by atoms with Crippen LogP contribution in [0.1, 0.15) is 27.7 Å². The molecule has 4 N–H and O–H groups in total. The first-order valence-electron chi connectivity index (χ1n) is 8.03. The van der Waals surface area contributed by atoms with E-state index in [4.69, 9.17) is 5.73 Å². The Morgan fingerprint density at radius 2 is 1.96 bits per heavy atom. The highest BCUT2D eigenvalue weighted by Gasteiger charge is 2.29. The first-order valence-corrected chi connectivity index (χ1v) is 8.03. The quantitative estimate of drug-likeness (QED) is 0.659. The number of nitrogens with two attached hydrogens (primary N) is 1. The summed E-state index contributed by atoms with van der Waals surface area (Å²) >= 11 is 0. The summed E-state index contributed by atoms with van der Waals surface area (Å²) in [6, 6.07) is 10.5. The number of aromatic hydroxyl groups is 1. The molecule has 2 aromatic carbocycles. The third-order valence-corrected chi connectivity index (χ3v) is 4.42. The minimum atomic E-state index is -0.431. The van der Waals surface area contributed by atoms with Crippen molar-refractivity contribution in [2.75, 3.05) is 5.73 Å². The van der Waals surface area contributed by atoms with Gasteiger partial charge in [0.2, 0.25) is 5.95 Å². The maximum absolute atomic E-state index is 13.9. The van der Waals surface area contributed by atoms with Crippen LogP contribution in [0.5, 0.6) is 5.75 Å². The maximum Gasteiger partial charge on any atom is 0.255 e. The number of benzene rings is 2. The Labute approximate surface area is 148 Å². The van der Waals surface area contributed by atoms with Gasteiger partial charge < -0.3 is 16.2 Å². The molecule has 1 aromatic heterocycles. The summed E-state index contributed by atoms with van der Waals surface area (Å²) in [6.45, 7) is 0. The van der Waals surface area contributed by atoms with E-state index in [2.05, 4.69) is 15.3 Å². The highest BCUT2D eigenvalue weighted by atomic mass is 19.1. The number of nitrogens with zero attached hydrogens (tertiary/aromatic N) is 2. The molecular formula is C19H15FN4O2. The molecule has 0 radical (unpaired) electrons. The molecule has 1 atom stereocenters. The first-order chi connectivity index (χ1) is 12.5. The van der Waals surface area contributed by atoms with Crippen LogP contribution in [0.3, 0.4) is 0 Å². The van der Waals surface area contributed by atoms with Crippen molar-refractivity contribution < 1.29 is 14.3 Å². The van der Waals surface area contributed by atoms with Crippen LogP contribution >= 0.6 is 0 Å². The van der Waals surface area contributed by atoms with Crippen LogP contribution in [-0.4, -0.2) is 21.0 Å². The highest BCUT2D eigenvalue weighted by molar-refractivity contribution is 5.96. The van der Waals surface area contributed by atoms with E-state index >= 15 is 0 Å². The van der Waals surface area contributed by atoms with E-state index in [9.17, 15) is 14.3 Å². The molecule has 7 heteroatoms. The van der Waals surface area contributed by atoms with Crippen LogP contribution < -0.4 is 11.1 Å². The maximum atomic E-state index is 13.9. The number of para-hydroxylation sites is 1. The van der Waals surface area contributed by atoms with Crippen LogP contribution in [0.15, 0.2) is 48.7 Å². The van der Waals surface area contributed by atoms with Gasteiger partial charge in [-0.15, -0.1) is 0 Å². The lowest BCUT2D eigenvalue weighted by Crippen LogP contribution is -2.36. The number of nitrogen functional groups attached to an aromatic ring is 1. The van der Waals surface area contributed by atoms with E-state index in [-0.39, 0.29) is 17.6 Å². The lowest BCUT2D eigenvalue weighted by molar-refractivity contribution is 0.0923. The largest absolute Gasteiger partial charge is 0.507 e. The molecule has 0 fully saturated rings. The van der Waals surface area contributed by atoms with Crippen molar-refractivity contribution >= 4 is 11.9 Å². The molecule has 3 aromatic rings. The minimum Gasteiger partial charge on any atom is -0.507 e. The van der Waals surface area contributed by atoms with Gasteiger partial charge in [0, 0.05) is 18.2 Å². The van der Waals surface area contributed by atoms with Gasteiger partial charge in [-0.2, -0.15) is 0 Å². The summed E-state index contributed by atoms with van der Waals surface area (Å²) in [6.07, 6.45) is 1.79. The number of hydrogen-bond acceptors (Lipinski definition) is 5. The predicted molar refractivity (Wildman–Crippen MR) is 93.9 cm³/mol. The molecule has 0 spiro atoms. The van der Waals surface area contributed by atoms with Gasteiger partial charge in [0.25, 0.3) is 5.91 Å². The Kier molecular flexibility index (Phi) is 3.76. The number of nitrogens with one attached hydrogen (secondary N) is 1. The monoisotopic (exact) mass is 350 g/mol. The van der Waals surface area contributed by atoms with E-state index in [0.717, 1.165) is 0 Å². The smallest absolute Gasteiger partial charge is 0.255 e. The van der Waals surface area contributed by atoms with Gasteiger partial charge in [0.05, 0.1) is 17.3 Å². The van der Waals surface area contributed by atoms with E-state index < -0.39 is 11.9 Å². The molecule has 4 rings (SSSR count). The van der Waals surface area contributed by atoms with Crippen molar-refractivity contribution in [2.45, 2.75) is 12.5 Å². The van der Waals surface area contributed by atoms with Crippen molar-refractivity contribution in [1.29, 1.82) is 0 Å². The molecule has 1 unspecified atom stereocenters. The average molecular weight is 350 g/mol. The zero-order chi connectivity index (χ0) is 18.3. The number of fused-ring (bicyclic) bond motifs is 1. The van der Waals surface area contributed by atoms with E-state index in [1.807, 2.05) is 0 Å². The summed E-state index contributed by atoms with van der Waals surface area (Å²) in [7, 11) is 0. The molecule has 1 aliphatic heterocycles. The molecule has 2 heterocycles. The zero-order valence-corrected chi connectivity index (χ0v) is 13.6. The van der Waals surface area contributed by atoms with Crippen LogP contribution in [0.2, 0.25) is 0 Å². The van der Waals surface area contributed by atoms with E-state index in [0.29, 0.717) is 34.4 Å². The Morgan fingerprint density at radius 1 is 1.15 bits per heavy atom. The fourth-order valence-electron chi connectivity index (χ4n) is 3.21. The molecule has 0 aliphatic carbocycles. The fourth-order valence-corrected chi connectivity index (χ4v) is 3.21. The lowest BCUT2D eigenvalue weighted by Gasteiger charge is -2.27. The molecule has 6 nitrogen and oxygen atoms in total. The zero-order valence-electron chi connectivity index (χ0n) is 13.6. The molecule has 130 valence electrons. The molecule has 1 amide bonds. The van der Waals surface area contributed by atoms with Gasteiger partial charge >= 0.3 is 0 Å². The fraction of sp³-hybridized carbons (Fsp3) is 0.105. The number of rotatable bonds is 2. The number of phenolic OH excluding ortho intramolecular Hbond substituents is 1. The lowest BCUT2D eigenvalue weighted by atomic mass is 9.89. The second kappa shape index (κ2) is 6.11. The Balaban J connectivity index is 1.82. The van der Waals surface area contributed by atoms with Gasteiger partial charge in [-0.05, 0) is 29.3 Å². The third-order valence-electron chi connectivity index (χ3n) is 4.42. The summed E-state index contributed by atoms with van der Waals surface area (Å²) in [5, 5.41) is 13.1. The summed E-state index contributed by atoms with van der Waals surface area (Å²) < 4.78 is 13.9. The van der Waals surface area contributed by atoms with Gasteiger partial charge in [-0.25, -0.2) is 14.4 Å². The van der Waals surface area contributed by atoms with Crippen molar-refractivity contribution in [2.24, 2.45) is 0 Å². The standard InChI is InChI=1S/C19H15FN4O2/c20-10-5-6-11(13(7-10)12-3-1-2-4-17(12)25)15-8-16-14(18(26)23-15)9-22-19(21)24-16/h1-7,9,15,25H,8H2,(H,23,26)(H2,21,22,24). The third kappa shape index (κ3) is 2.73. The molecule has 26 heavy (non-hydrogen) atoms. The Morgan fingerprint density at radius 3 is 2.77 bits per heavy atom. The summed E-state index contributed by atoms with van der Waals surface area (Å²) in [5.74, 6) is -0.615. The second-order valence-electron chi connectivity index (χ2n) is 6.07. The topological polar surface area (TPSA) is 101 Å². The SMILES string of the molecule is Nc1ncc2c(n1)CC(c1ccc(F)cc1-c1ccccc1O)NC2=O. The van der Waals surface area contributed by atoms with Crippen LogP contribution in [0.25, 0.3) is 11.1 Å². The van der Waals surface area contributed by atoms with E-state index in [1.165, 1.54) is 24.4 Å². The molecule has 0 saturated carbocycles. The van der Waals surface area contributed by atoms with Crippen LogP contribution in [0, 0.1) is 5.82 Å².